The third kappa shape index (κ3) is 2.39. The number of carbonyl (C=O) groups excluding carboxylic acids is 1. The van der Waals surface area contributed by atoms with Gasteiger partial charge in [-0.05, 0) is 6.42 Å². The molecule has 0 saturated carbocycles. The van der Waals surface area contributed by atoms with Crippen LogP contribution >= 0.6 is 12.6 Å². The number of amides is 1. The van der Waals surface area contributed by atoms with Gasteiger partial charge in [-0.3, -0.25) is 4.79 Å². The van der Waals surface area contributed by atoms with Gasteiger partial charge in [-0.15, -0.1) is 0 Å². The van der Waals surface area contributed by atoms with Crippen molar-refractivity contribution in [1.82, 2.24) is 10.6 Å². The Labute approximate surface area is 87.7 Å². The number of carboxylic acids is 1. The zero-order valence-electron chi connectivity index (χ0n) is 7.86. The van der Waals surface area contributed by atoms with Crippen LogP contribution in [0, 0.1) is 0 Å². The lowest BCUT2D eigenvalue weighted by Crippen LogP contribution is -2.63. The molecule has 1 fully saturated rings. The zero-order chi connectivity index (χ0) is 10.7. The molecule has 1 heterocycles. The molecule has 3 atom stereocenters. The third-order valence-electron chi connectivity index (χ3n) is 2.24. The van der Waals surface area contributed by atoms with Crippen molar-refractivity contribution in [3.63, 3.8) is 0 Å². The second-order valence-electron chi connectivity index (χ2n) is 3.26. The van der Waals surface area contributed by atoms with E-state index in [0.29, 0.717) is 0 Å². The highest BCUT2D eigenvalue weighted by Crippen LogP contribution is 2.09. The molecule has 3 unspecified atom stereocenters. The minimum atomic E-state index is -1.02. The first-order valence-electron chi connectivity index (χ1n) is 4.51. The summed E-state index contributed by atoms with van der Waals surface area (Å²) >= 11 is 4.24. The van der Waals surface area contributed by atoms with Crippen molar-refractivity contribution >= 4 is 24.5 Å². The number of rotatable bonds is 3. The lowest BCUT2D eigenvalue weighted by atomic mass is 10.1. The minimum Gasteiger partial charge on any atom is -0.480 e. The van der Waals surface area contributed by atoms with Crippen LogP contribution in [0.25, 0.3) is 0 Å². The van der Waals surface area contributed by atoms with E-state index in [-0.39, 0.29) is 23.7 Å². The molecule has 1 aliphatic heterocycles. The molecule has 3 N–H and O–H groups in total. The maximum Gasteiger partial charge on any atom is 0.327 e. The fraction of sp³-hybridized carbons (Fsp3) is 0.750. The quantitative estimate of drug-likeness (QED) is 0.469. The Kier molecular flexibility index (Phi) is 3.77. The average Bonchev–Trinajstić information content (AvgIpc) is 2.16. The fourth-order valence-corrected chi connectivity index (χ4v) is 1.59. The summed E-state index contributed by atoms with van der Waals surface area (Å²) in [6.45, 7) is 2.18. The van der Waals surface area contributed by atoms with Gasteiger partial charge in [0.1, 0.15) is 6.04 Å². The highest BCUT2D eigenvalue weighted by atomic mass is 32.1. The molecule has 1 saturated heterocycles. The Morgan fingerprint density at radius 2 is 2.43 bits per heavy atom. The predicted octanol–water partition coefficient (Wildman–Crippen LogP) is -0.764. The maximum absolute atomic E-state index is 11.4. The summed E-state index contributed by atoms with van der Waals surface area (Å²) in [7, 11) is 0. The van der Waals surface area contributed by atoms with Crippen molar-refractivity contribution < 1.29 is 14.7 Å². The number of carbonyl (C=O) groups is 2. The highest BCUT2D eigenvalue weighted by molar-refractivity contribution is 7.81. The van der Waals surface area contributed by atoms with Crippen LogP contribution in [0.3, 0.4) is 0 Å². The van der Waals surface area contributed by atoms with Gasteiger partial charge in [-0.1, -0.05) is 6.92 Å². The number of nitrogens with one attached hydrogen (secondary N) is 2. The maximum atomic E-state index is 11.4. The van der Waals surface area contributed by atoms with E-state index in [1.54, 1.807) is 0 Å². The van der Waals surface area contributed by atoms with Crippen LogP contribution in [-0.2, 0) is 9.59 Å². The Hall–Kier alpha value is -0.750. The minimum absolute atomic E-state index is 0.0789. The van der Waals surface area contributed by atoms with Crippen molar-refractivity contribution in [3.8, 4) is 0 Å². The van der Waals surface area contributed by atoms with Gasteiger partial charge in [0.15, 0.2) is 0 Å². The lowest BCUT2D eigenvalue weighted by Gasteiger charge is -2.30. The van der Waals surface area contributed by atoms with Gasteiger partial charge >= 0.3 is 5.97 Å². The molecule has 0 aromatic carbocycles. The Balaban J connectivity index is 2.56. The summed E-state index contributed by atoms with van der Waals surface area (Å²) in [5.41, 5.74) is 0. The van der Waals surface area contributed by atoms with E-state index in [0.717, 1.165) is 6.42 Å². The summed E-state index contributed by atoms with van der Waals surface area (Å²) in [6, 6.07) is -1.21. The number of thiol groups is 1. The van der Waals surface area contributed by atoms with Crippen molar-refractivity contribution in [2.45, 2.75) is 30.7 Å². The number of hydrogen-bond acceptors (Lipinski definition) is 4. The summed E-state index contributed by atoms with van der Waals surface area (Å²) in [4.78, 5) is 22.0. The summed E-state index contributed by atoms with van der Waals surface area (Å²) in [5, 5.41) is 13.9. The van der Waals surface area contributed by atoms with E-state index < -0.39 is 12.0 Å². The van der Waals surface area contributed by atoms with E-state index >= 15 is 0 Å². The van der Waals surface area contributed by atoms with Gasteiger partial charge in [-0.25, -0.2) is 4.79 Å². The Morgan fingerprint density at radius 1 is 1.79 bits per heavy atom. The molecule has 0 bridgehead atoms. The van der Waals surface area contributed by atoms with Crippen LogP contribution in [-0.4, -0.2) is 40.9 Å². The van der Waals surface area contributed by atoms with Gasteiger partial charge in [0.25, 0.3) is 0 Å². The second-order valence-corrected chi connectivity index (χ2v) is 3.92. The van der Waals surface area contributed by atoms with E-state index in [4.69, 9.17) is 5.11 Å². The molecular formula is C8H14N2O3S. The molecule has 6 heteroatoms. The molecule has 1 rings (SSSR count). The molecule has 0 spiro atoms. The van der Waals surface area contributed by atoms with Crippen LogP contribution < -0.4 is 10.6 Å². The standard InChI is InChI=1S/C8H14N2O3S/c1-2-5(14)6-7(11)10-4(3-9-6)8(12)13/h4-6,9,14H,2-3H2,1H3,(H,10,11)(H,12,13). The zero-order valence-corrected chi connectivity index (χ0v) is 8.75. The van der Waals surface area contributed by atoms with Gasteiger partial charge in [0, 0.05) is 11.8 Å². The third-order valence-corrected chi connectivity index (χ3v) is 2.91. The molecule has 0 radical (unpaired) electrons. The molecule has 80 valence electrons. The van der Waals surface area contributed by atoms with Crippen LogP contribution in [0.2, 0.25) is 0 Å². The van der Waals surface area contributed by atoms with Crippen molar-refractivity contribution in [2.75, 3.05) is 6.54 Å². The highest BCUT2D eigenvalue weighted by Gasteiger charge is 2.33. The molecular weight excluding hydrogens is 204 g/mol. The van der Waals surface area contributed by atoms with Crippen LogP contribution in [0.5, 0.6) is 0 Å². The second kappa shape index (κ2) is 4.65. The number of piperazine rings is 1. The van der Waals surface area contributed by atoms with E-state index in [1.807, 2.05) is 6.92 Å². The lowest BCUT2D eigenvalue weighted by molar-refractivity contribution is -0.143. The van der Waals surface area contributed by atoms with Crippen LogP contribution in [0.15, 0.2) is 0 Å². The van der Waals surface area contributed by atoms with Crippen molar-refractivity contribution in [1.29, 1.82) is 0 Å². The van der Waals surface area contributed by atoms with Gasteiger partial charge in [0.05, 0.1) is 6.04 Å². The smallest absolute Gasteiger partial charge is 0.327 e. The summed E-state index contributed by atoms with van der Waals surface area (Å²) < 4.78 is 0. The summed E-state index contributed by atoms with van der Waals surface area (Å²) in [6.07, 6.45) is 0.756. The molecule has 1 aliphatic rings. The van der Waals surface area contributed by atoms with E-state index in [1.165, 1.54) is 0 Å². The molecule has 0 aromatic heterocycles. The van der Waals surface area contributed by atoms with Gasteiger partial charge < -0.3 is 15.7 Å². The molecule has 0 aromatic rings. The Bertz CT molecular complexity index is 247. The fourth-order valence-electron chi connectivity index (χ4n) is 1.35. The van der Waals surface area contributed by atoms with Gasteiger partial charge in [-0.2, -0.15) is 12.6 Å². The first kappa shape index (κ1) is 11.3. The van der Waals surface area contributed by atoms with Gasteiger partial charge in [0.2, 0.25) is 5.91 Å². The molecule has 0 aliphatic carbocycles. The topological polar surface area (TPSA) is 78.4 Å². The number of carboxylic acid groups (broad SMARTS) is 1. The monoisotopic (exact) mass is 218 g/mol. The van der Waals surface area contributed by atoms with E-state index in [2.05, 4.69) is 23.3 Å². The SMILES string of the molecule is CCC(S)C1NCC(C(=O)O)NC1=O. The average molecular weight is 218 g/mol. The molecule has 1 amide bonds. The largest absolute Gasteiger partial charge is 0.480 e. The van der Waals surface area contributed by atoms with Crippen LogP contribution in [0.1, 0.15) is 13.3 Å². The predicted molar refractivity (Wildman–Crippen MR) is 54.4 cm³/mol. The first-order chi connectivity index (χ1) is 6.56. The number of hydrogen-bond donors (Lipinski definition) is 4. The normalized spacial score (nSPS) is 29.4. The summed E-state index contributed by atoms with van der Waals surface area (Å²) in [5.74, 6) is -1.30. The van der Waals surface area contributed by atoms with E-state index in [9.17, 15) is 9.59 Å². The number of aliphatic carboxylic acids is 1. The molecule has 14 heavy (non-hydrogen) atoms. The van der Waals surface area contributed by atoms with Crippen molar-refractivity contribution in [2.24, 2.45) is 0 Å². The van der Waals surface area contributed by atoms with Crippen LogP contribution in [0.4, 0.5) is 0 Å². The molecule has 5 nitrogen and oxygen atoms in total. The van der Waals surface area contributed by atoms with Crippen molar-refractivity contribution in [3.05, 3.63) is 0 Å². The Morgan fingerprint density at radius 3 is 2.86 bits per heavy atom. The first-order valence-corrected chi connectivity index (χ1v) is 5.02.